The van der Waals surface area contributed by atoms with Gasteiger partial charge in [0.1, 0.15) is 19.3 Å². The van der Waals surface area contributed by atoms with Gasteiger partial charge in [-0.25, -0.2) is 0 Å². The second kappa shape index (κ2) is 5.71. The zero-order valence-corrected chi connectivity index (χ0v) is 11.4. The zero-order chi connectivity index (χ0) is 13.9. The molecule has 0 bridgehead atoms. The minimum Gasteiger partial charge on any atom is -0.486 e. The fraction of sp³-hybridized carbons (Fsp3) is 0.533. The van der Waals surface area contributed by atoms with Crippen molar-refractivity contribution in [1.29, 1.82) is 0 Å². The van der Waals surface area contributed by atoms with Gasteiger partial charge in [0.25, 0.3) is 0 Å². The van der Waals surface area contributed by atoms with Gasteiger partial charge in [0.15, 0.2) is 11.5 Å². The molecule has 20 heavy (non-hydrogen) atoms. The van der Waals surface area contributed by atoms with E-state index in [4.69, 9.17) is 9.47 Å². The first-order valence-electron chi connectivity index (χ1n) is 7.10. The molecule has 0 aliphatic carbocycles. The second-order valence-corrected chi connectivity index (χ2v) is 5.26. The van der Waals surface area contributed by atoms with Crippen molar-refractivity contribution in [3.8, 4) is 11.5 Å². The number of nitrogens with zero attached hydrogens (tertiary/aromatic N) is 1. The van der Waals surface area contributed by atoms with Crippen LogP contribution >= 0.6 is 0 Å². The number of para-hydroxylation sites is 1. The minimum atomic E-state index is -0.730. The Balaban J connectivity index is 1.81. The number of likely N-dealkylation sites (tertiary alicyclic amines) is 1. The van der Waals surface area contributed by atoms with E-state index in [9.17, 15) is 9.90 Å². The summed E-state index contributed by atoms with van der Waals surface area (Å²) in [4.78, 5) is 13.4. The van der Waals surface area contributed by atoms with Crippen molar-refractivity contribution >= 4 is 5.97 Å². The molecule has 0 spiro atoms. The first-order valence-corrected chi connectivity index (χ1v) is 7.10. The molecule has 2 aliphatic rings. The summed E-state index contributed by atoms with van der Waals surface area (Å²) in [6.45, 7) is 2.54. The number of rotatable bonds is 3. The Hall–Kier alpha value is -1.75. The van der Waals surface area contributed by atoms with Gasteiger partial charge >= 0.3 is 5.97 Å². The Morgan fingerprint density at radius 2 is 2.15 bits per heavy atom. The summed E-state index contributed by atoms with van der Waals surface area (Å²) in [6.07, 6.45) is 2.76. The zero-order valence-electron chi connectivity index (χ0n) is 11.4. The summed E-state index contributed by atoms with van der Waals surface area (Å²) in [6, 6.07) is 5.43. The average molecular weight is 277 g/mol. The third-order valence-corrected chi connectivity index (χ3v) is 3.92. The number of fused-ring (bicyclic) bond motifs is 1. The molecule has 1 atom stereocenters. The van der Waals surface area contributed by atoms with E-state index in [0.717, 1.165) is 42.9 Å². The van der Waals surface area contributed by atoms with Crippen LogP contribution in [-0.4, -0.2) is 41.8 Å². The van der Waals surface area contributed by atoms with E-state index in [2.05, 4.69) is 0 Å². The number of carboxylic acids is 1. The Labute approximate surface area is 118 Å². The molecule has 1 aromatic rings. The van der Waals surface area contributed by atoms with Crippen molar-refractivity contribution in [2.45, 2.75) is 31.8 Å². The molecule has 2 heterocycles. The summed E-state index contributed by atoms with van der Waals surface area (Å²) in [5.74, 6) is 0.803. The number of carboxylic acid groups (broad SMARTS) is 1. The summed E-state index contributed by atoms with van der Waals surface area (Å²) < 4.78 is 11.3. The first-order chi connectivity index (χ1) is 9.75. The van der Waals surface area contributed by atoms with Gasteiger partial charge in [0.2, 0.25) is 0 Å². The van der Waals surface area contributed by atoms with Crippen LogP contribution in [0.4, 0.5) is 0 Å². The second-order valence-electron chi connectivity index (χ2n) is 5.26. The maximum absolute atomic E-state index is 11.3. The lowest BCUT2D eigenvalue weighted by Crippen LogP contribution is -2.44. The molecule has 3 rings (SSSR count). The van der Waals surface area contributed by atoms with Crippen LogP contribution in [0.3, 0.4) is 0 Å². The Morgan fingerprint density at radius 3 is 3.00 bits per heavy atom. The lowest BCUT2D eigenvalue weighted by molar-refractivity contribution is -0.144. The van der Waals surface area contributed by atoms with Crippen molar-refractivity contribution in [3.63, 3.8) is 0 Å². The van der Waals surface area contributed by atoms with Crippen LogP contribution in [0.1, 0.15) is 24.8 Å². The van der Waals surface area contributed by atoms with Crippen LogP contribution in [0, 0.1) is 0 Å². The number of ether oxygens (including phenoxy) is 2. The molecule has 1 N–H and O–H groups in total. The standard InChI is InChI=1S/C15H19NO4/c17-15(18)12-5-1-2-7-16(12)10-11-4-3-6-13-14(11)20-9-8-19-13/h3-4,6,12H,1-2,5,7-10H2,(H,17,18). The summed E-state index contributed by atoms with van der Waals surface area (Å²) >= 11 is 0. The van der Waals surface area contributed by atoms with E-state index in [1.807, 2.05) is 23.1 Å². The molecule has 1 unspecified atom stereocenters. The van der Waals surface area contributed by atoms with Gasteiger partial charge < -0.3 is 14.6 Å². The highest BCUT2D eigenvalue weighted by atomic mass is 16.6. The van der Waals surface area contributed by atoms with Gasteiger partial charge in [-0.1, -0.05) is 18.6 Å². The van der Waals surface area contributed by atoms with Crippen molar-refractivity contribution in [3.05, 3.63) is 23.8 Å². The van der Waals surface area contributed by atoms with E-state index < -0.39 is 5.97 Å². The molecule has 5 nitrogen and oxygen atoms in total. The van der Waals surface area contributed by atoms with Crippen molar-refractivity contribution in [2.75, 3.05) is 19.8 Å². The minimum absolute atomic E-state index is 0.385. The van der Waals surface area contributed by atoms with Crippen LogP contribution in [0.5, 0.6) is 11.5 Å². The van der Waals surface area contributed by atoms with Crippen molar-refractivity contribution in [1.82, 2.24) is 4.90 Å². The Bertz CT molecular complexity index is 503. The number of benzene rings is 1. The molecule has 0 radical (unpaired) electrons. The van der Waals surface area contributed by atoms with Crippen LogP contribution in [-0.2, 0) is 11.3 Å². The Morgan fingerprint density at radius 1 is 1.30 bits per heavy atom. The van der Waals surface area contributed by atoms with E-state index >= 15 is 0 Å². The topological polar surface area (TPSA) is 59.0 Å². The highest BCUT2D eigenvalue weighted by Gasteiger charge is 2.29. The lowest BCUT2D eigenvalue weighted by atomic mass is 10.0. The highest BCUT2D eigenvalue weighted by Crippen LogP contribution is 2.35. The van der Waals surface area contributed by atoms with E-state index in [1.54, 1.807) is 0 Å². The fourth-order valence-corrected chi connectivity index (χ4v) is 2.94. The van der Waals surface area contributed by atoms with Gasteiger partial charge in [-0.15, -0.1) is 0 Å². The van der Waals surface area contributed by atoms with Gasteiger partial charge in [0, 0.05) is 12.1 Å². The number of hydrogen-bond donors (Lipinski definition) is 1. The normalized spacial score (nSPS) is 22.5. The average Bonchev–Trinajstić information content (AvgIpc) is 2.48. The SMILES string of the molecule is O=C(O)C1CCCCN1Cc1cccc2c1OCCO2. The highest BCUT2D eigenvalue weighted by molar-refractivity contribution is 5.73. The molecular formula is C15H19NO4. The molecule has 5 heteroatoms. The van der Waals surface area contributed by atoms with Crippen LogP contribution < -0.4 is 9.47 Å². The third-order valence-electron chi connectivity index (χ3n) is 3.92. The maximum atomic E-state index is 11.3. The molecule has 1 aromatic carbocycles. The molecule has 108 valence electrons. The predicted octanol–water partition coefficient (Wildman–Crippen LogP) is 1.90. The van der Waals surface area contributed by atoms with Crippen molar-refractivity contribution < 1.29 is 19.4 Å². The molecule has 0 aromatic heterocycles. The van der Waals surface area contributed by atoms with Crippen LogP contribution in [0.25, 0.3) is 0 Å². The molecule has 1 fully saturated rings. The van der Waals surface area contributed by atoms with Gasteiger partial charge in [0.05, 0.1) is 0 Å². The van der Waals surface area contributed by atoms with Gasteiger partial charge in [-0.2, -0.15) is 0 Å². The summed E-state index contributed by atoms with van der Waals surface area (Å²) in [5, 5.41) is 9.33. The molecule has 0 saturated carbocycles. The van der Waals surface area contributed by atoms with E-state index in [1.165, 1.54) is 0 Å². The third kappa shape index (κ3) is 2.58. The first kappa shape index (κ1) is 13.2. The predicted molar refractivity (Wildman–Crippen MR) is 73.1 cm³/mol. The molecular weight excluding hydrogens is 258 g/mol. The van der Waals surface area contributed by atoms with E-state index in [-0.39, 0.29) is 6.04 Å². The van der Waals surface area contributed by atoms with E-state index in [0.29, 0.717) is 19.8 Å². The quantitative estimate of drug-likeness (QED) is 0.914. The van der Waals surface area contributed by atoms with Gasteiger partial charge in [-0.05, 0) is 25.5 Å². The number of aliphatic carboxylic acids is 1. The Kier molecular flexibility index (Phi) is 3.78. The fourth-order valence-electron chi connectivity index (χ4n) is 2.94. The van der Waals surface area contributed by atoms with Crippen LogP contribution in [0.2, 0.25) is 0 Å². The van der Waals surface area contributed by atoms with Crippen LogP contribution in [0.15, 0.2) is 18.2 Å². The maximum Gasteiger partial charge on any atom is 0.320 e. The number of carbonyl (C=O) groups is 1. The monoisotopic (exact) mass is 277 g/mol. The smallest absolute Gasteiger partial charge is 0.320 e. The number of hydrogen-bond acceptors (Lipinski definition) is 4. The molecule has 0 amide bonds. The summed E-state index contributed by atoms with van der Waals surface area (Å²) in [7, 11) is 0. The summed E-state index contributed by atoms with van der Waals surface area (Å²) in [5.41, 5.74) is 1.01. The lowest BCUT2D eigenvalue weighted by Gasteiger charge is -2.33. The molecule has 2 aliphatic heterocycles. The van der Waals surface area contributed by atoms with Gasteiger partial charge in [-0.3, -0.25) is 9.69 Å². The van der Waals surface area contributed by atoms with Crippen molar-refractivity contribution in [2.24, 2.45) is 0 Å². The largest absolute Gasteiger partial charge is 0.486 e. The number of piperidine rings is 1. The molecule has 1 saturated heterocycles.